The predicted molar refractivity (Wildman–Crippen MR) is 126 cm³/mol. The molecule has 1 atom stereocenters. The summed E-state index contributed by atoms with van der Waals surface area (Å²) in [6.45, 7) is 4.07. The van der Waals surface area contributed by atoms with E-state index < -0.39 is 0 Å². The third kappa shape index (κ3) is 4.52. The highest BCUT2D eigenvalue weighted by molar-refractivity contribution is 7.16. The van der Waals surface area contributed by atoms with Gasteiger partial charge in [0.15, 0.2) is 0 Å². The molecule has 0 fully saturated rings. The molecule has 0 aliphatic carbocycles. The molecule has 0 radical (unpaired) electrons. The van der Waals surface area contributed by atoms with Crippen molar-refractivity contribution in [2.45, 2.75) is 19.9 Å². The summed E-state index contributed by atoms with van der Waals surface area (Å²) in [6.07, 6.45) is 0. The van der Waals surface area contributed by atoms with E-state index in [1.165, 1.54) is 17.4 Å². The Morgan fingerprint density at radius 1 is 0.871 bits per heavy atom. The van der Waals surface area contributed by atoms with E-state index in [0.717, 1.165) is 26.6 Å². The lowest BCUT2D eigenvalue weighted by molar-refractivity contribution is 0.102. The van der Waals surface area contributed by atoms with Crippen LogP contribution < -0.4 is 10.6 Å². The first kappa shape index (κ1) is 20.8. The maximum atomic E-state index is 14.5. The molecule has 3 nitrogen and oxygen atoms in total. The number of amides is 1. The first-order valence-corrected chi connectivity index (χ1v) is 10.9. The van der Waals surface area contributed by atoms with E-state index >= 15 is 0 Å². The van der Waals surface area contributed by atoms with Crippen LogP contribution in [0.2, 0.25) is 0 Å². The van der Waals surface area contributed by atoms with Crippen LogP contribution in [0.25, 0.3) is 0 Å². The Morgan fingerprint density at radius 3 is 2.16 bits per heavy atom. The smallest absolute Gasteiger partial charge is 0.256 e. The number of nitrogens with one attached hydrogen (secondary N) is 2. The zero-order valence-electron chi connectivity index (χ0n) is 17.4. The number of hydrogen-bond donors (Lipinski definition) is 2. The number of benzene rings is 3. The fourth-order valence-corrected chi connectivity index (χ4v) is 4.65. The minimum Gasteiger partial charge on any atom is -0.372 e. The number of halogens is 1. The van der Waals surface area contributed by atoms with Crippen LogP contribution in [0.1, 0.15) is 38.0 Å². The van der Waals surface area contributed by atoms with Gasteiger partial charge in [-0.3, -0.25) is 4.79 Å². The molecule has 0 saturated carbocycles. The highest BCUT2D eigenvalue weighted by Gasteiger charge is 2.25. The van der Waals surface area contributed by atoms with Crippen molar-refractivity contribution in [3.05, 3.63) is 118 Å². The summed E-state index contributed by atoms with van der Waals surface area (Å²) in [5, 5.41) is 7.22. The minimum absolute atomic E-state index is 0.166. The van der Waals surface area contributed by atoms with Crippen molar-refractivity contribution in [2.24, 2.45) is 0 Å². The lowest BCUT2D eigenvalue weighted by Gasteiger charge is -2.23. The van der Waals surface area contributed by atoms with E-state index in [-0.39, 0.29) is 17.8 Å². The number of thiophene rings is 1. The molecular weight excluding hydrogens is 407 g/mol. The van der Waals surface area contributed by atoms with Crippen LogP contribution in [-0.4, -0.2) is 5.91 Å². The summed E-state index contributed by atoms with van der Waals surface area (Å²) in [4.78, 5) is 14.0. The minimum atomic E-state index is -0.325. The highest BCUT2D eigenvalue weighted by atomic mass is 32.1. The van der Waals surface area contributed by atoms with Gasteiger partial charge in [-0.2, -0.15) is 0 Å². The molecule has 0 aliphatic rings. The third-order valence-electron chi connectivity index (χ3n) is 5.29. The summed E-state index contributed by atoms with van der Waals surface area (Å²) in [6, 6.07) is 25.3. The Bertz CT molecular complexity index is 1190. The Balaban J connectivity index is 1.78. The summed E-state index contributed by atoms with van der Waals surface area (Å²) in [5.74, 6) is -0.483. The normalized spacial score (nSPS) is 11.7. The summed E-state index contributed by atoms with van der Waals surface area (Å²) in [7, 11) is 0. The van der Waals surface area contributed by atoms with Crippen molar-refractivity contribution in [3.63, 3.8) is 0 Å². The average Bonchev–Trinajstić information content (AvgIpc) is 3.07. The van der Waals surface area contributed by atoms with Gasteiger partial charge in [-0.05, 0) is 49.2 Å². The van der Waals surface area contributed by atoms with E-state index in [4.69, 9.17) is 0 Å². The molecule has 3 aromatic carbocycles. The number of aryl methyl sites for hydroxylation is 1. The summed E-state index contributed by atoms with van der Waals surface area (Å²) >= 11 is 1.54. The molecule has 0 bridgehead atoms. The fraction of sp³-hybridized carbons (Fsp3) is 0.115. The van der Waals surface area contributed by atoms with Gasteiger partial charge >= 0.3 is 0 Å². The number of carbonyl (C=O) groups is 1. The van der Waals surface area contributed by atoms with Crippen LogP contribution >= 0.6 is 11.3 Å². The van der Waals surface area contributed by atoms with Crippen LogP contribution in [0.15, 0.2) is 84.9 Å². The fourth-order valence-electron chi connectivity index (χ4n) is 3.55. The first-order valence-electron chi connectivity index (χ1n) is 10.1. The van der Waals surface area contributed by atoms with Gasteiger partial charge in [-0.15, -0.1) is 11.3 Å². The third-order valence-corrected chi connectivity index (χ3v) is 6.43. The molecule has 31 heavy (non-hydrogen) atoms. The van der Waals surface area contributed by atoms with Crippen molar-refractivity contribution in [1.29, 1.82) is 0 Å². The second kappa shape index (κ2) is 9.14. The lowest BCUT2D eigenvalue weighted by Crippen LogP contribution is -2.18. The summed E-state index contributed by atoms with van der Waals surface area (Å²) < 4.78 is 14.5. The molecule has 0 aliphatic heterocycles. The SMILES string of the molecule is Cc1sc(NC(=O)c2ccccc2)c([C@H](Nc2ccccc2F)c2ccccc2)c1C. The number of rotatable bonds is 6. The molecule has 0 unspecified atom stereocenters. The Labute approximate surface area is 185 Å². The largest absolute Gasteiger partial charge is 0.372 e. The Kier molecular flexibility index (Phi) is 6.14. The quantitative estimate of drug-likeness (QED) is 0.347. The van der Waals surface area contributed by atoms with Gasteiger partial charge in [-0.1, -0.05) is 60.7 Å². The van der Waals surface area contributed by atoms with Crippen molar-refractivity contribution < 1.29 is 9.18 Å². The van der Waals surface area contributed by atoms with Crippen LogP contribution in [0, 0.1) is 19.7 Å². The first-order chi connectivity index (χ1) is 15.0. The number of para-hydroxylation sites is 1. The molecule has 0 saturated heterocycles. The molecule has 1 amide bonds. The van der Waals surface area contributed by atoms with Gasteiger partial charge in [0.2, 0.25) is 0 Å². The Morgan fingerprint density at radius 2 is 1.48 bits per heavy atom. The van der Waals surface area contributed by atoms with Crippen LogP contribution in [0.4, 0.5) is 15.1 Å². The predicted octanol–water partition coefficient (Wildman–Crippen LogP) is 6.96. The molecule has 4 rings (SSSR count). The van der Waals surface area contributed by atoms with Crippen molar-refractivity contribution >= 4 is 27.9 Å². The molecular formula is C26H23FN2OS. The van der Waals surface area contributed by atoms with Gasteiger partial charge in [0.05, 0.1) is 11.7 Å². The van der Waals surface area contributed by atoms with Crippen LogP contribution in [-0.2, 0) is 0 Å². The number of carbonyl (C=O) groups excluding carboxylic acids is 1. The zero-order valence-corrected chi connectivity index (χ0v) is 18.2. The highest BCUT2D eigenvalue weighted by Crippen LogP contribution is 2.41. The number of anilines is 2. The van der Waals surface area contributed by atoms with Crippen LogP contribution in [0.3, 0.4) is 0 Å². The van der Waals surface area contributed by atoms with Crippen molar-refractivity contribution in [3.8, 4) is 0 Å². The molecule has 1 aromatic heterocycles. The molecule has 2 N–H and O–H groups in total. The molecule has 5 heteroatoms. The van der Waals surface area contributed by atoms with Gasteiger partial charge in [-0.25, -0.2) is 4.39 Å². The standard InChI is InChI=1S/C26H23FN2OS/c1-17-18(2)31-26(29-25(30)20-13-7-4-8-14-20)23(17)24(19-11-5-3-6-12-19)28-22-16-10-9-15-21(22)27/h3-16,24,28H,1-2H3,(H,29,30)/t24-/m1/s1. The van der Waals surface area contributed by atoms with Crippen LogP contribution in [0.5, 0.6) is 0 Å². The monoisotopic (exact) mass is 430 g/mol. The van der Waals surface area contributed by atoms with E-state index in [1.807, 2.05) is 62.4 Å². The van der Waals surface area contributed by atoms with E-state index in [2.05, 4.69) is 10.6 Å². The average molecular weight is 431 g/mol. The Hall–Kier alpha value is -3.44. The van der Waals surface area contributed by atoms with E-state index in [9.17, 15) is 9.18 Å². The van der Waals surface area contributed by atoms with Crippen molar-refractivity contribution in [1.82, 2.24) is 0 Å². The second-order valence-corrected chi connectivity index (χ2v) is 8.54. The maximum Gasteiger partial charge on any atom is 0.256 e. The lowest BCUT2D eigenvalue weighted by atomic mass is 9.96. The van der Waals surface area contributed by atoms with Gasteiger partial charge in [0, 0.05) is 16.0 Å². The maximum absolute atomic E-state index is 14.5. The summed E-state index contributed by atoms with van der Waals surface area (Å²) in [5.41, 5.74) is 4.02. The van der Waals surface area contributed by atoms with Gasteiger partial charge in [0.1, 0.15) is 10.8 Å². The second-order valence-electron chi connectivity index (χ2n) is 7.31. The zero-order chi connectivity index (χ0) is 21.8. The van der Waals surface area contributed by atoms with Gasteiger partial charge in [0.25, 0.3) is 5.91 Å². The van der Waals surface area contributed by atoms with Gasteiger partial charge < -0.3 is 10.6 Å². The van der Waals surface area contributed by atoms with E-state index in [1.54, 1.807) is 30.3 Å². The van der Waals surface area contributed by atoms with E-state index in [0.29, 0.717) is 11.3 Å². The molecule has 1 heterocycles. The molecule has 4 aromatic rings. The van der Waals surface area contributed by atoms with Crippen molar-refractivity contribution in [2.75, 3.05) is 10.6 Å². The molecule has 156 valence electrons. The molecule has 0 spiro atoms. The topological polar surface area (TPSA) is 41.1 Å². The number of hydrogen-bond acceptors (Lipinski definition) is 3.